The zero-order valence-corrected chi connectivity index (χ0v) is 23.1. The molecule has 0 amide bonds. The van der Waals surface area contributed by atoms with Gasteiger partial charge in [0.1, 0.15) is 6.29 Å². The predicted octanol–water partition coefficient (Wildman–Crippen LogP) is 8.49. The molecular weight excluding hydrogens is 396 g/mol. The maximum absolute atomic E-state index is 11.2. The molecule has 0 aromatic carbocycles. The van der Waals surface area contributed by atoms with Crippen molar-refractivity contribution < 1.29 is 9.22 Å². The van der Waals surface area contributed by atoms with Crippen molar-refractivity contribution in [3.05, 3.63) is 23.8 Å². The van der Waals surface area contributed by atoms with E-state index >= 15 is 0 Å². The molecule has 0 aromatic heterocycles. The Bertz CT molecular complexity index is 682. The van der Waals surface area contributed by atoms with Crippen molar-refractivity contribution in [3.8, 4) is 0 Å². The molecule has 3 heteroatoms. The van der Waals surface area contributed by atoms with Crippen LogP contribution in [0.25, 0.3) is 0 Å². The van der Waals surface area contributed by atoms with Gasteiger partial charge in [0.25, 0.3) is 0 Å². The molecule has 2 aliphatic carbocycles. The first-order valence-electron chi connectivity index (χ1n) is 12.6. The lowest BCUT2D eigenvalue weighted by Gasteiger charge is -2.62. The highest BCUT2D eigenvalue weighted by Gasteiger charge is 2.58. The summed E-state index contributed by atoms with van der Waals surface area (Å²) < 4.78 is 7.19. The Kier molecular flexibility index (Phi) is 8.29. The summed E-state index contributed by atoms with van der Waals surface area (Å²) in [5.74, 6) is 1.09. The SMILES string of the molecule is C=C1CC[C@H]2[C@](C)(CCC=C(C)C)[C@@H](O[Si](C)(C)C(C)(C)C)CC[C@]2(C)[C@@H]1CCC=O. The van der Waals surface area contributed by atoms with Gasteiger partial charge in [-0.1, -0.05) is 58.4 Å². The van der Waals surface area contributed by atoms with Crippen molar-refractivity contribution in [3.63, 3.8) is 0 Å². The maximum Gasteiger partial charge on any atom is 0.192 e. The fourth-order valence-electron chi connectivity index (χ4n) is 6.47. The minimum Gasteiger partial charge on any atom is -0.413 e. The second kappa shape index (κ2) is 9.67. The van der Waals surface area contributed by atoms with Gasteiger partial charge in [-0.05, 0) is 99.6 Å². The molecule has 0 aliphatic heterocycles. The van der Waals surface area contributed by atoms with Crippen LogP contribution in [0, 0.1) is 22.7 Å². The summed E-state index contributed by atoms with van der Waals surface area (Å²) in [5.41, 5.74) is 3.18. The summed E-state index contributed by atoms with van der Waals surface area (Å²) in [4.78, 5) is 11.2. The van der Waals surface area contributed by atoms with Crippen LogP contribution < -0.4 is 0 Å². The van der Waals surface area contributed by atoms with E-state index in [0.29, 0.717) is 24.4 Å². The van der Waals surface area contributed by atoms with E-state index in [1.54, 1.807) is 0 Å². The van der Waals surface area contributed by atoms with E-state index in [4.69, 9.17) is 4.43 Å². The number of rotatable bonds is 8. The van der Waals surface area contributed by atoms with E-state index in [1.807, 2.05) is 0 Å². The summed E-state index contributed by atoms with van der Waals surface area (Å²) in [6, 6.07) is 0. The van der Waals surface area contributed by atoms with Crippen LogP contribution in [0.1, 0.15) is 99.8 Å². The minimum atomic E-state index is -1.85. The lowest BCUT2D eigenvalue weighted by atomic mass is 9.45. The number of allylic oxidation sites excluding steroid dienone is 3. The molecule has 2 rings (SSSR count). The van der Waals surface area contributed by atoms with Gasteiger partial charge in [-0.2, -0.15) is 0 Å². The minimum absolute atomic E-state index is 0.161. The highest BCUT2D eigenvalue weighted by atomic mass is 28.4. The first-order valence-corrected chi connectivity index (χ1v) is 15.5. The Morgan fingerprint density at radius 3 is 2.39 bits per heavy atom. The van der Waals surface area contributed by atoms with E-state index in [-0.39, 0.29) is 15.9 Å². The Hall–Kier alpha value is -0.673. The molecule has 0 aromatic rings. The monoisotopic (exact) mass is 446 g/mol. The second-order valence-corrected chi connectivity index (χ2v) is 17.5. The lowest BCUT2D eigenvalue weighted by Crippen LogP contribution is -2.59. The first-order chi connectivity index (χ1) is 14.2. The summed E-state index contributed by atoms with van der Waals surface area (Å²) in [7, 11) is -1.85. The molecule has 2 nitrogen and oxygen atoms in total. The Morgan fingerprint density at radius 2 is 1.84 bits per heavy atom. The molecule has 0 unspecified atom stereocenters. The zero-order chi connectivity index (χ0) is 23.7. The van der Waals surface area contributed by atoms with Crippen LogP contribution in [0.3, 0.4) is 0 Å². The van der Waals surface area contributed by atoms with E-state index in [0.717, 1.165) is 32.0 Å². The molecule has 0 saturated heterocycles. The molecule has 2 fully saturated rings. The van der Waals surface area contributed by atoms with Crippen LogP contribution in [0.2, 0.25) is 18.1 Å². The van der Waals surface area contributed by atoms with Gasteiger partial charge in [-0.15, -0.1) is 0 Å². The number of hydrogen-bond acceptors (Lipinski definition) is 2. The largest absolute Gasteiger partial charge is 0.413 e. The van der Waals surface area contributed by atoms with E-state index < -0.39 is 8.32 Å². The topological polar surface area (TPSA) is 26.3 Å². The highest BCUT2D eigenvalue weighted by Crippen LogP contribution is 2.64. The normalized spacial score (nSPS) is 34.2. The molecule has 5 atom stereocenters. The molecule has 0 bridgehead atoms. The predicted molar refractivity (Wildman–Crippen MR) is 137 cm³/mol. The van der Waals surface area contributed by atoms with Gasteiger partial charge in [-0.25, -0.2) is 0 Å². The molecule has 0 radical (unpaired) electrons. The van der Waals surface area contributed by atoms with Crippen LogP contribution in [0.5, 0.6) is 0 Å². The Labute approximate surface area is 194 Å². The van der Waals surface area contributed by atoms with Gasteiger partial charge >= 0.3 is 0 Å². The van der Waals surface area contributed by atoms with Gasteiger partial charge in [-0.3, -0.25) is 0 Å². The lowest BCUT2D eigenvalue weighted by molar-refractivity contribution is -0.132. The quantitative estimate of drug-likeness (QED) is 0.212. The third kappa shape index (κ3) is 5.46. The number of carbonyl (C=O) groups is 1. The van der Waals surface area contributed by atoms with Crippen LogP contribution >= 0.6 is 0 Å². The second-order valence-electron chi connectivity index (χ2n) is 12.8. The molecule has 0 spiro atoms. The fourth-order valence-corrected chi connectivity index (χ4v) is 7.92. The number of carbonyl (C=O) groups excluding carboxylic acids is 1. The summed E-state index contributed by atoms with van der Waals surface area (Å²) in [5, 5.41) is 0.224. The summed E-state index contributed by atoms with van der Waals surface area (Å²) in [6.07, 6.45) is 12.4. The van der Waals surface area contributed by atoms with Crippen molar-refractivity contribution in [1.82, 2.24) is 0 Å². The molecular formula is C28H50O2Si. The first kappa shape index (κ1) is 26.6. The van der Waals surface area contributed by atoms with Crippen molar-refractivity contribution in [2.75, 3.05) is 0 Å². The van der Waals surface area contributed by atoms with Crippen molar-refractivity contribution in [1.29, 1.82) is 0 Å². The Morgan fingerprint density at radius 1 is 1.19 bits per heavy atom. The molecule has 31 heavy (non-hydrogen) atoms. The summed E-state index contributed by atoms with van der Waals surface area (Å²) >= 11 is 0. The van der Waals surface area contributed by atoms with Crippen LogP contribution in [0.15, 0.2) is 23.8 Å². The standard InChI is InChI=1S/C28H50O2Si/c1-21(2)13-11-18-28(8)24-16-15-22(3)23(14-12-20-29)27(24,7)19-17-25(28)30-31(9,10)26(4,5)6/h13,20,23-25H,3,11-12,14-19H2,1-2,4-10H3/t23-,24-,25+,27-,28+/m1/s1. The smallest absolute Gasteiger partial charge is 0.192 e. The molecule has 2 aliphatic rings. The number of aldehydes is 1. The Balaban J connectivity index is 2.44. The van der Waals surface area contributed by atoms with Crippen molar-refractivity contribution in [2.24, 2.45) is 22.7 Å². The van der Waals surface area contributed by atoms with Gasteiger partial charge < -0.3 is 9.22 Å². The third-order valence-corrected chi connectivity index (χ3v) is 13.9. The summed E-state index contributed by atoms with van der Waals surface area (Å²) in [6.45, 7) is 25.8. The third-order valence-electron chi connectivity index (χ3n) is 9.37. The molecule has 0 N–H and O–H groups in total. The number of fused-ring (bicyclic) bond motifs is 1. The maximum atomic E-state index is 11.2. The van der Waals surface area contributed by atoms with Crippen LogP contribution in [-0.2, 0) is 9.22 Å². The van der Waals surface area contributed by atoms with Gasteiger partial charge in [0.15, 0.2) is 8.32 Å². The zero-order valence-electron chi connectivity index (χ0n) is 22.1. The average Bonchev–Trinajstić information content (AvgIpc) is 2.62. The van der Waals surface area contributed by atoms with Gasteiger partial charge in [0.05, 0.1) is 6.10 Å². The van der Waals surface area contributed by atoms with Gasteiger partial charge in [0.2, 0.25) is 0 Å². The molecule has 0 heterocycles. The van der Waals surface area contributed by atoms with Crippen molar-refractivity contribution in [2.45, 2.75) is 124 Å². The van der Waals surface area contributed by atoms with E-state index in [9.17, 15) is 4.79 Å². The number of hydrogen-bond donors (Lipinski definition) is 0. The van der Waals surface area contributed by atoms with E-state index in [1.165, 1.54) is 30.4 Å². The van der Waals surface area contributed by atoms with Crippen molar-refractivity contribution >= 4 is 14.6 Å². The fraction of sp³-hybridized carbons (Fsp3) is 0.821. The van der Waals surface area contributed by atoms with Crippen LogP contribution in [0.4, 0.5) is 0 Å². The van der Waals surface area contributed by atoms with Crippen LogP contribution in [-0.4, -0.2) is 20.7 Å². The molecule has 178 valence electrons. The highest BCUT2D eigenvalue weighted by molar-refractivity contribution is 6.74. The van der Waals surface area contributed by atoms with Gasteiger partial charge in [0, 0.05) is 6.42 Å². The van der Waals surface area contributed by atoms with E-state index in [2.05, 4.69) is 74.2 Å². The average molecular weight is 447 g/mol. The molecule has 2 saturated carbocycles.